The van der Waals surface area contributed by atoms with Gasteiger partial charge < -0.3 is 16.2 Å². The van der Waals surface area contributed by atoms with Crippen molar-refractivity contribution in [3.05, 3.63) is 68.8 Å². The Morgan fingerprint density at radius 2 is 1.83 bits per heavy atom. The summed E-state index contributed by atoms with van der Waals surface area (Å²) in [5, 5.41) is 14.2. The van der Waals surface area contributed by atoms with E-state index in [1.165, 1.54) is 12.1 Å². The van der Waals surface area contributed by atoms with Gasteiger partial charge in [0.05, 0.1) is 6.10 Å². The van der Waals surface area contributed by atoms with Gasteiger partial charge in [0.1, 0.15) is 11.6 Å². The molecule has 0 bridgehead atoms. The van der Waals surface area contributed by atoms with Crippen molar-refractivity contribution in [2.24, 2.45) is 23.5 Å². The topological polar surface area (TPSA) is 75.4 Å². The minimum atomic E-state index is -0.911. The van der Waals surface area contributed by atoms with Gasteiger partial charge in [0, 0.05) is 34.6 Å². The Kier molecular flexibility index (Phi) is 9.64. The van der Waals surface area contributed by atoms with Crippen LogP contribution < -0.4 is 11.1 Å². The van der Waals surface area contributed by atoms with Crippen LogP contribution in [-0.4, -0.2) is 23.7 Å². The van der Waals surface area contributed by atoms with Crippen molar-refractivity contribution in [2.45, 2.75) is 39.3 Å². The molecule has 164 valence electrons. The van der Waals surface area contributed by atoms with E-state index in [-0.39, 0.29) is 18.9 Å². The Balaban J connectivity index is 2.18. The van der Waals surface area contributed by atoms with Crippen LogP contribution in [0.15, 0.2) is 42.5 Å². The van der Waals surface area contributed by atoms with Crippen LogP contribution in [0, 0.1) is 33.0 Å². The van der Waals surface area contributed by atoms with Crippen LogP contribution in [0.3, 0.4) is 0 Å². The maximum atomic E-state index is 13.7. The van der Waals surface area contributed by atoms with Crippen LogP contribution in [0.4, 0.5) is 8.78 Å². The van der Waals surface area contributed by atoms with Crippen molar-refractivity contribution in [2.75, 3.05) is 6.54 Å². The zero-order chi connectivity index (χ0) is 22.3. The smallest absolute Gasteiger partial charge is 0.221 e. The van der Waals surface area contributed by atoms with E-state index < -0.39 is 35.5 Å². The normalized spacial score (nSPS) is 15.4. The fourth-order valence-corrected chi connectivity index (χ4v) is 4.44. The van der Waals surface area contributed by atoms with Crippen molar-refractivity contribution < 1.29 is 18.7 Å². The average Bonchev–Trinajstić information content (AvgIpc) is 2.66. The van der Waals surface area contributed by atoms with E-state index in [0.717, 1.165) is 15.2 Å². The molecule has 0 aliphatic carbocycles. The first-order valence-corrected chi connectivity index (χ1v) is 11.2. The Labute approximate surface area is 190 Å². The quantitative estimate of drug-likeness (QED) is 0.385. The highest BCUT2D eigenvalue weighted by atomic mass is 127. The lowest BCUT2D eigenvalue weighted by atomic mass is 9.74. The summed E-state index contributed by atoms with van der Waals surface area (Å²) in [7, 11) is 0. The molecule has 0 aliphatic heterocycles. The Hall–Kier alpha value is -1.58. The van der Waals surface area contributed by atoms with Crippen molar-refractivity contribution in [1.29, 1.82) is 0 Å². The van der Waals surface area contributed by atoms with Gasteiger partial charge in [0.25, 0.3) is 0 Å². The van der Waals surface area contributed by atoms with Crippen LogP contribution >= 0.6 is 22.6 Å². The van der Waals surface area contributed by atoms with E-state index in [0.29, 0.717) is 18.5 Å². The lowest BCUT2D eigenvalue weighted by Crippen LogP contribution is -2.44. The van der Waals surface area contributed by atoms with Crippen LogP contribution in [0.1, 0.15) is 31.4 Å². The summed E-state index contributed by atoms with van der Waals surface area (Å²) in [5.74, 6) is -3.14. The molecule has 0 heterocycles. The minimum absolute atomic E-state index is 0.0729. The van der Waals surface area contributed by atoms with Gasteiger partial charge in [-0.25, -0.2) is 8.78 Å². The highest BCUT2D eigenvalue weighted by molar-refractivity contribution is 14.1. The third-order valence-electron chi connectivity index (χ3n) is 5.51. The van der Waals surface area contributed by atoms with Crippen molar-refractivity contribution in [3.8, 4) is 0 Å². The predicted octanol–water partition coefficient (Wildman–Crippen LogP) is 4.03. The number of rotatable bonds is 11. The summed E-state index contributed by atoms with van der Waals surface area (Å²) in [6.45, 7) is 4.63. The second kappa shape index (κ2) is 11.7. The molecule has 4 nitrogen and oxygen atoms in total. The van der Waals surface area contributed by atoms with Crippen LogP contribution in [0.25, 0.3) is 0 Å². The number of halogens is 3. The maximum absolute atomic E-state index is 13.7. The molecular weight excluding hydrogens is 501 g/mol. The zero-order valence-electron chi connectivity index (χ0n) is 17.2. The standard InChI is InChI=1S/C23H29F2IN2O2/c1-3-14(2)22(23(27)30)20(10-16-7-17(24)11-18(25)8-16)21(29)13-28-12-15-5-4-6-19(26)9-15/h4-9,11,14,20-22,28-29H,3,10,12-13H2,1-2H3,(H2,27,30)/t14?,20-,21+,22?/m1/s1. The van der Waals surface area contributed by atoms with Crippen molar-refractivity contribution in [1.82, 2.24) is 5.32 Å². The number of nitrogens with one attached hydrogen (secondary N) is 1. The maximum Gasteiger partial charge on any atom is 0.221 e. The van der Waals surface area contributed by atoms with E-state index in [1.54, 1.807) is 0 Å². The number of primary amides is 1. The summed E-state index contributed by atoms with van der Waals surface area (Å²) in [5.41, 5.74) is 7.15. The molecule has 2 aromatic rings. The fraction of sp³-hybridized carbons (Fsp3) is 0.435. The van der Waals surface area contributed by atoms with E-state index in [9.17, 15) is 18.7 Å². The summed E-state index contributed by atoms with van der Waals surface area (Å²) in [6, 6.07) is 11.3. The highest BCUT2D eigenvalue weighted by Gasteiger charge is 2.35. The number of aliphatic hydroxyl groups is 1. The molecule has 0 saturated carbocycles. The number of carbonyl (C=O) groups excluding carboxylic acids is 1. The van der Waals surface area contributed by atoms with E-state index in [4.69, 9.17) is 5.73 Å². The second-order valence-corrected chi connectivity index (χ2v) is 9.03. The summed E-state index contributed by atoms with van der Waals surface area (Å²) in [6.07, 6.45) is -0.0613. The van der Waals surface area contributed by atoms with Crippen LogP contribution in [-0.2, 0) is 17.8 Å². The number of amides is 1. The SMILES string of the molecule is CCC(C)C(C(N)=O)[C@H](Cc1cc(F)cc(F)c1)[C@@H](O)CNCc1cccc(I)c1. The number of hydrogen-bond donors (Lipinski definition) is 3. The Bertz CT molecular complexity index is 829. The van der Waals surface area contributed by atoms with Crippen molar-refractivity contribution in [3.63, 3.8) is 0 Å². The van der Waals surface area contributed by atoms with Gasteiger partial charge in [0.15, 0.2) is 0 Å². The fourth-order valence-electron chi connectivity index (χ4n) is 3.83. The first-order valence-electron chi connectivity index (χ1n) is 10.1. The molecule has 4 N–H and O–H groups in total. The molecule has 0 radical (unpaired) electrons. The zero-order valence-corrected chi connectivity index (χ0v) is 19.4. The average molecular weight is 530 g/mol. The number of hydrogen-bond acceptors (Lipinski definition) is 3. The number of benzene rings is 2. The number of carbonyl (C=O) groups is 1. The van der Waals surface area contributed by atoms with E-state index in [2.05, 4.69) is 27.9 Å². The molecular formula is C23H29F2IN2O2. The Morgan fingerprint density at radius 1 is 1.17 bits per heavy atom. The molecule has 0 fully saturated rings. The van der Waals surface area contributed by atoms with Crippen LogP contribution in [0.2, 0.25) is 0 Å². The highest BCUT2D eigenvalue weighted by Crippen LogP contribution is 2.30. The summed E-state index contributed by atoms with van der Waals surface area (Å²) in [4.78, 5) is 12.2. The van der Waals surface area contributed by atoms with Gasteiger partial charge in [-0.15, -0.1) is 0 Å². The molecule has 4 atom stereocenters. The third kappa shape index (κ3) is 7.28. The third-order valence-corrected chi connectivity index (χ3v) is 6.18. The summed E-state index contributed by atoms with van der Waals surface area (Å²) >= 11 is 2.24. The van der Waals surface area contributed by atoms with Gasteiger partial charge >= 0.3 is 0 Å². The van der Waals surface area contributed by atoms with Crippen molar-refractivity contribution >= 4 is 28.5 Å². The molecule has 0 saturated heterocycles. The lowest BCUT2D eigenvalue weighted by molar-refractivity contribution is -0.127. The van der Waals surface area contributed by atoms with E-state index in [1.807, 2.05) is 38.1 Å². The second-order valence-electron chi connectivity index (χ2n) is 7.79. The molecule has 0 spiro atoms. The molecule has 0 aromatic heterocycles. The van der Waals surface area contributed by atoms with Gasteiger partial charge in [0.2, 0.25) is 5.91 Å². The number of aliphatic hydroxyl groups excluding tert-OH is 1. The van der Waals surface area contributed by atoms with Gasteiger partial charge in [-0.2, -0.15) is 0 Å². The van der Waals surface area contributed by atoms with E-state index >= 15 is 0 Å². The van der Waals surface area contributed by atoms with Crippen LogP contribution in [0.5, 0.6) is 0 Å². The first-order chi connectivity index (χ1) is 14.2. The molecule has 7 heteroatoms. The van der Waals surface area contributed by atoms with Gasteiger partial charge in [-0.1, -0.05) is 32.4 Å². The largest absolute Gasteiger partial charge is 0.391 e. The predicted molar refractivity (Wildman–Crippen MR) is 123 cm³/mol. The molecule has 0 aliphatic rings. The molecule has 2 unspecified atom stereocenters. The van der Waals surface area contributed by atoms with Gasteiger partial charge in [-0.3, -0.25) is 4.79 Å². The molecule has 2 rings (SSSR count). The molecule has 1 amide bonds. The minimum Gasteiger partial charge on any atom is -0.391 e. The van der Waals surface area contributed by atoms with Gasteiger partial charge in [-0.05, 0) is 70.3 Å². The number of nitrogens with two attached hydrogens (primary N) is 1. The molecule has 2 aromatic carbocycles. The Morgan fingerprint density at radius 3 is 2.40 bits per heavy atom. The molecule has 30 heavy (non-hydrogen) atoms. The monoisotopic (exact) mass is 530 g/mol. The first kappa shape index (κ1) is 24.7. The lowest BCUT2D eigenvalue weighted by Gasteiger charge is -2.33. The summed E-state index contributed by atoms with van der Waals surface area (Å²) < 4.78 is 28.5.